The Morgan fingerprint density at radius 1 is 1.11 bits per heavy atom. The molecule has 1 unspecified atom stereocenters. The Hall–Kier alpha value is -1.06. The van der Waals surface area contributed by atoms with Gasteiger partial charge in [0.25, 0.3) is 0 Å². The molecule has 1 heterocycles. The lowest BCUT2D eigenvalue weighted by Gasteiger charge is -2.52. The number of hydrogen-bond donors (Lipinski definition) is 1. The molecule has 1 rings (SSSR count). The second-order valence-electron chi connectivity index (χ2n) is 6.00. The molecule has 1 atom stereocenters. The zero-order valence-corrected chi connectivity index (χ0v) is 13.2. The van der Waals surface area contributed by atoms with E-state index in [-0.39, 0.29) is 23.4 Å². The van der Waals surface area contributed by atoms with Crippen LogP contribution in [0.15, 0.2) is 0 Å². The molecule has 1 N–H and O–H groups in total. The SMILES string of the molecule is CCC1C(=O)NC(C)(C)C(=O)N1C(CC)(CC)CC. The molecule has 110 valence electrons. The standard InChI is InChI=1S/C15H28N2O2/c1-7-11-12(18)16-14(5,6)13(19)17(11)15(8-2,9-3)10-4/h11H,7-10H2,1-6H3,(H,16,18). The first-order chi connectivity index (χ1) is 8.79. The Bertz CT molecular complexity index is 351. The van der Waals surface area contributed by atoms with Crippen LogP contribution >= 0.6 is 0 Å². The Morgan fingerprint density at radius 3 is 1.95 bits per heavy atom. The van der Waals surface area contributed by atoms with Crippen LogP contribution < -0.4 is 5.32 Å². The van der Waals surface area contributed by atoms with Crippen LogP contribution in [0.25, 0.3) is 0 Å². The normalized spacial score (nSPS) is 23.5. The number of nitrogens with zero attached hydrogens (tertiary/aromatic N) is 1. The summed E-state index contributed by atoms with van der Waals surface area (Å²) < 4.78 is 0. The van der Waals surface area contributed by atoms with Gasteiger partial charge in [0.15, 0.2) is 0 Å². The molecule has 0 aromatic heterocycles. The Kier molecular flexibility index (Phi) is 4.64. The predicted molar refractivity (Wildman–Crippen MR) is 76.8 cm³/mol. The largest absolute Gasteiger partial charge is 0.340 e. The minimum Gasteiger partial charge on any atom is -0.340 e. The summed E-state index contributed by atoms with van der Waals surface area (Å²) in [4.78, 5) is 27.0. The maximum atomic E-state index is 12.8. The number of nitrogens with one attached hydrogen (secondary N) is 1. The van der Waals surface area contributed by atoms with Crippen LogP contribution in [-0.2, 0) is 9.59 Å². The number of hydrogen-bond acceptors (Lipinski definition) is 2. The third-order valence-corrected chi connectivity index (χ3v) is 4.68. The van der Waals surface area contributed by atoms with E-state index >= 15 is 0 Å². The number of rotatable bonds is 5. The number of amides is 2. The van der Waals surface area contributed by atoms with Crippen molar-refractivity contribution in [3.63, 3.8) is 0 Å². The molecule has 2 amide bonds. The van der Waals surface area contributed by atoms with Gasteiger partial charge in [0.1, 0.15) is 11.6 Å². The highest BCUT2D eigenvalue weighted by molar-refractivity contribution is 5.99. The minimum absolute atomic E-state index is 0.0215. The molecule has 0 radical (unpaired) electrons. The second kappa shape index (κ2) is 5.51. The Labute approximate surface area is 116 Å². The number of piperazine rings is 1. The topological polar surface area (TPSA) is 49.4 Å². The lowest BCUT2D eigenvalue weighted by atomic mass is 9.82. The van der Waals surface area contributed by atoms with E-state index < -0.39 is 5.54 Å². The molecule has 0 aromatic rings. The third-order valence-electron chi connectivity index (χ3n) is 4.68. The molecular weight excluding hydrogens is 240 g/mol. The van der Waals surface area contributed by atoms with Gasteiger partial charge >= 0.3 is 0 Å². The average molecular weight is 268 g/mol. The quantitative estimate of drug-likeness (QED) is 0.832. The highest BCUT2D eigenvalue weighted by Crippen LogP contribution is 2.35. The van der Waals surface area contributed by atoms with Crippen LogP contribution in [0.5, 0.6) is 0 Å². The van der Waals surface area contributed by atoms with E-state index in [4.69, 9.17) is 0 Å². The van der Waals surface area contributed by atoms with Crippen molar-refractivity contribution in [2.24, 2.45) is 0 Å². The summed E-state index contributed by atoms with van der Waals surface area (Å²) in [5.41, 5.74) is -1.000. The summed E-state index contributed by atoms with van der Waals surface area (Å²) in [5.74, 6) is 0.0244. The summed E-state index contributed by atoms with van der Waals surface area (Å²) in [6, 6.07) is -0.333. The van der Waals surface area contributed by atoms with Crippen LogP contribution in [0.4, 0.5) is 0 Å². The van der Waals surface area contributed by atoms with Gasteiger partial charge in [-0.3, -0.25) is 9.59 Å². The first kappa shape index (κ1) is 16.0. The van der Waals surface area contributed by atoms with Crippen LogP contribution in [0, 0.1) is 0 Å². The fourth-order valence-corrected chi connectivity index (χ4v) is 3.18. The lowest BCUT2D eigenvalue weighted by molar-refractivity contribution is -0.162. The molecule has 1 aliphatic heterocycles. The minimum atomic E-state index is -0.798. The maximum absolute atomic E-state index is 12.8. The molecule has 4 nitrogen and oxygen atoms in total. The molecule has 0 aliphatic carbocycles. The van der Waals surface area contributed by atoms with Gasteiger partial charge < -0.3 is 10.2 Å². The average Bonchev–Trinajstić information content (AvgIpc) is 2.37. The van der Waals surface area contributed by atoms with Crippen molar-refractivity contribution in [3.05, 3.63) is 0 Å². The zero-order valence-electron chi connectivity index (χ0n) is 13.2. The number of carbonyl (C=O) groups is 2. The van der Waals surface area contributed by atoms with Crippen LogP contribution in [0.3, 0.4) is 0 Å². The molecule has 0 bridgehead atoms. The molecule has 0 aromatic carbocycles. The van der Waals surface area contributed by atoms with Gasteiger partial charge in [-0.15, -0.1) is 0 Å². The van der Waals surface area contributed by atoms with Gasteiger partial charge in [-0.2, -0.15) is 0 Å². The van der Waals surface area contributed by atoms with Gasteiger partial charge in [0.05, 0.1) is 0 Å². The second-order valence-corrected chi connectivity index (χ2v) is 6.00. The van der Waals surface area contributed by atoms with Crippen molar-refractivity contribution >= 4 is 11.8 Å². The van der Waals surface area contributed by atoms with E-state index in [0.29, 0.717) is 6.42 Å². The monoisotopic (exact) mass is 268 g/mol. The van der Waals surface area contributed by atoms with E-state index in [0.717, 1.165) is 19.3 Å². The van der Waals surface area contributed by atoms with Crippen molar-refractivity contribution in [1.29, 1.82) is 0 Å². The van der Waals surface area contributed by atoms with E-state index in [9.17, 15) is 9.59 Å². The highest BCUT2D eigenvalue weighted by Gasteiger charge is 2.51. The third kappa shape index (κ3) is 2.49. The van der Waals surface area contributed by atoms with Gasteiger partial charge in [-0.1, -0.05) is 27.7 Å². The van der Waals surface area contributed by atoms with Gasteiger partial charge in [0.2, 0.25) is 11.8 Å². The predicted octanol–water partition coefficient (Wildman–Crippen LogP) is 2.47. The summed E-state index contributed by atoms with van der Waals surface area (Å²) in [6.07, 6.45) is 3.30. The molecular formula is C15H28N2O2. The first-order valence-corrected chi connectivity index (χ1v) is 7.45. The van der Waals surface area contributed by atoms with Crippen LogP contribution in [0.2, 0.25) is 0 Å². The molecule has 4 heteroatoms. The molecule has 0 saturated carbocycles. The van der Waals surface area contributed by atoms with Crippen molar-refractivity contribution in [2.75, 3.05) is 0 Å². The van der Waals surface area contributed by atoms with E-state index in [1.807, 2.05) is 11.8 Å². The molecule has 0 spiro atoms. The first-order valence-electron chi connectivity index (χ1n) is 7.45. The van der Waals surface area contributed by atoms with Gasteiger partial charge in [-0.05, 0) is 39.5 Å². The van der Waals surface area contributed by atoms with E-state index in [2.05, 4.69) is 26.1 Å². The fraction of sp³-hybridized carbons (Fsp3) is 0.867. The lowest BCUT2D eigenvalue weighted by Crippen LogP contribution is -2.72. The summed E-state index contributed by atoms with van der Waals surface area (Å²) in [7, 11) is 0. The zero-order chi connectivity index (χ0) is 14.8. The molecule has 1 aliphatic rings. The Morgan fingerprint density at radius 2 is 1.58 bits per heavy atom. The van der Waals surface area contributed by atoms with E-state index in [1.165, 1.54) is 0 Å². The van der Waals surface area contributed by atoms with Crippen molar-refractivity contribution < 1.29 is 9.59 Å². The fourth-order valence-electron chi connectivity index (χ4n) is 3.18. The summed E-state index contributed by atoms with van der Waals surface area (Å²) >= 11 is 0. The Balaban J connectivity index is 3.31. The molecule has 1 saturated heterocycles. The number of carbonyl (C=O) groups excluding carboxylic acids is 2. The molecule has 19 heavy (non-hydrogen) atoms. The van der Waals surface area contributed by atoms with E-state index in [1.54, 1.807) is 13.8 Å². The highest BCUT2D eigenvalue weighted by atomic mass is 16.2. The summed E-state index contributed by atoms with van der Waals surface area (Å²) in [5, 5.41) is 2.85. The molecule has 1 fully saturated rings. The van der Waals surface area contributed by atoms with Crippen molar-refractivity contribution in [3.8, 4) is 0 Å². The van der Waals surface area contributed by atoms with Crippen LogP contribution in [-0.4, -0.2) is 33.8 Å². The summed E-state index contributed by atoms with van der Waals surface area (Å²) in [6.45, 7) is 11.9. The van der Waals surface area contributed by atoms with Gasteiger partial charge in [0, 0.05) is 5.54 Å². The maximum Gasteiger partial charge on any atom is 0.248 e. The van der Waals surface area contributed by atoms with Crippen molar-refractivity contribution in [2.45, 2.75) is 84.3 Å². The van der Waals surface area contributed by atoms with Crippen molar-refractivity contribution in [1.82, 2.24) is 10.2 Å². The van der Waals surface area contributed by atoms with Gasteiger partial charge in [-0.25, -0.2) is 0 Å². The smallest absolute Gasteiger partial charge is 0.248 e. The van der Waals surface area contributed by atoms with Crippen LogP contribution in [0.1, 0.15) is 67.2 Å².